The molecular formula is C15H23N3O3. The van der Waals surface area contributed by atoms with Crippen LogP contribution in [0.1, 0.15) is 18.4 Å². The smallest absolute Gasteiger partial charge is 0.292 e. The summed E-state index contributed by atoms with van der Waals surface area (Å²) in [6.07, 6.45) is 2.74. The normalized spacial score (nSPS) is 17.5. The van der Waals surface area contributed by atoms with E-state index in [9.17, 15) is 4.79 Å². The van der Waals surface area contributed by atoms with Gasteiger partial charge in [-0.1, -0.05) is 30.3 Å². The molecule has 0 saturated carbocycles. The SMILES string of the molecule is COC=O.NN1CCCC1C(=O)NCCc1ccccc1. The molecule has 1 aromatic rings. The zero-order chi connectivity index (χ0) is 15.5. The number of methoxy groups -OCH3 is 1. The van der Waals surface area contributed by atoms with Gasteiger partial charge in [0.2, 0.25) is 5.91 Å². The zero-order valence-electron chi connectivity index (χ0n) is 12.3. The highest BCUT2D eigenvalue weighted by molar-refractivity contribution is 5.81. The Bertz CT molecular complexity index is 425. The number of carbonyl (C=O) groups is 2. The van der Waals surface area contributed by atoms with Crippen molar-refractivity contribution in [1.82, 2.24) is 10.3 Å². The van der Waals surface area contributed by atoms with E-state index in [2.05, 4.69) is 22.2 Å². The molecule has 1 aliphatic rings. The van der Waals surface area contributed by atoms with Gasteiger partial charge in [-0.3, -0.25) is 15.4 Å². The van der Waals surface area contributed by atoms with Crippen LogP contribution >= 0.6 is 0 Å². The number of benzene rings is 1. The van der Waals surface area contributed by atoms with Crippen molar-refractivity contribution in [3.05, 3.63) is 35.9 Å². The molecule has 1 fully saturated rings. The molecule has 2 rings (SSSR count). The molecule has 0 bridgehead atoms. The Labute approximate surface area is 125 Å². The van der Waals surface area contributed by atoms with Crippen molar-refractivity contribution >= 4 is 12.4 Å². The molecule has 21 heavy (non-hydrogen) atoms. The molecule has 0 spiro atoms. The number of ether oxygens (including phenoxy) is 1. The highest BCUT2D eigenvalue weighted by Crippen LogP contribution is 2.12. The van der Waals surface area contributed by atoms with E-state index < -0.39 is 0 Å². The number of hydrogen-bond donors (Lipinski definition) is 2. The van der Waals surface area contributed by atoms with Gasteiger partial charge in [-0.2, -0.15) is 0 Å². The second-order valence-corrected chi connectivity index (χ2v) is 4.75. The standard InChI is InChI=1S/C13H19N3O.C2H4O2/c14-16-10-4-7-12(16)13(17)15-9-8-11-5-2-1-3-6-11;1-4-2-3/h1-3,5-6,12H,4,7-10,14H2,(H,15,17);2H,1H3. The number of rotatable bonds is 5. The Hall–Kier alpha value is -1.92. The van der Waals surface area contributed by atoms with Crippen LogP contribution in [0.4, 0.5) is 0 Å². The minimum Gasteiger partial charge on any atom is -0.471 e. The Morgan fingerprint density at radius 3 is 2.67 bits per heavy atom. The maximum absolute atomic E-state index is 11.8. The number of hydrogen-bond acceptors (Lipinski definition) is 5. The van der Waals surface area contributed by atoms with Crippen molar-refractivity contribution in [2.24, 2.45) is 5.84 Å². The van der Waals surface area contributed by atoms with E-state index in [1.54, 1.807) is 5.01 Å². The molecule has 1 unspecified atom stereocenters. The first-order valence-corrected chi connectivity index (χ1v) is 6.98. The average molecular weight is 293 g/mol. The third-order valence-electron chi connectivity index (χ3n) is 3.25. The Kier molecular flexibility index (Phi) is 8.08. The summed E-state index contributed by atoms with van der Waals surface area (Å²) in [5.74, 6) is 5.79. The van der Waals surface area contributed by atoms with Crippen LogP contribution in [-0.4, -0.2) is 43.6 Å². The van der Waals surface area contributed by atoms with Crippen LogP contribution < -0.4 is 11.2 Å². The predicted molar refractivity (Wildman–Crippen MR) is 80.1 cm³/mol. The van der Waals surface area contributed by atoms with Gasteiger partial charge in [0, 0.05) is 13.1 Å². The summed E-state index contributed by atoms with van der Waals surface area (Å²) < 4.78 is 3.86. The maximum atomic E-state index is 11.8. The lowest BCUT2D eigenvalue weighted by atomic mass is 10.1. The fraction of sp³-hybridized carbons (Fsp3) is 0.467. The summed E-state index contributed by atoms with van der Waals surface area (Å²) in [6, 6.07) is 10.0. The van der Waals surface area contributed by atoms with E-state index in [4.69, 9.17) is 10.6 Å². The van der Waals surface area contributed by atoms with Gasteiger partial charge in [-0.25, -0.2) is 5.01 Å². The number of hydrazine groups is 1. The van der Waals surface area contributed by atoms with Gasteiger partial charge in [0.15, 0.2) is 0 Å². The van der Waals surface area contributed by atoms with Crippen molar-refractivity contribution in [3.8, 4) is 0 Å². The van der Waals surface area contributed by atoms with Gasteiger partial charge in [0.05, 0.1) is 7.11 Å². The van der Waals surface area contributed by atoms with Gasteiger partial charge < -0.3 is 10.1 Å². The van der Waals surface area contributed by atoms with E-state index in [0.29, 0.717) is 13.0 Å². The summed E-state index contributed by atoms with van der Waals surface area (Å²) in [6.45, 7) is 1.87. The van der Waals surface area contributed by atoms with Crippen LogP contribution in [0.5, 0.6) is 0 Å². The molecule has 3 N–H and O–H groups in total. The van der Waals surface area contributed by atoms with E-state index in [1.807, 2.05) is 18.2 Å². The third-order valence-corrected chi connectivity index (χ3v) is 3.25. The molecule has 116 valence electrons. The zero-order valence-corrected chi connectivity index (χ0v) is 12.3. The van der Waals surface area contributed by atoms with Gasteiger partial charge in [0.25, 0.3) is 6.47 Å². The molecule has 1 amide bonds. The first kappa shape index (κ1) is 17.1. The minimum atomic E-state index is -0.134. The Morgan fingerprint density at radius 2 is 2.14 bits per heavy atom. The van der Waals surface area contributed by atoms with E-state index in [1.165, 1.54) is 12.7 Å². The third kappa shape index (κ3) is 6.37. The monoisotopic (exact) mass is 293 g/mol. The van der Waals surface area contributed by atoms with Crippen LogP contribution in [0.25, 0.3) is 0 Å². The van der Waals surface area contributed by atoms with Gasteiger partial charge in [-0.05, 0) is 24.8 Å². The van der Waals surface area contributed by atoms with Crippen LogP contribution in [-0.2, 0) is 20.7 Å². The highest BCUT2D eigenvalue weighted by atomic mass is 16.5. The number of nitrogens with one attached hydrogen (secondary N) is 1. The molecule has 1 aliphatic heterocycles. The van der Waals surface area contributed by atoms with E-state index in [-0.39, 0.29) is 11.9 Å². The summed E-state index contributed by atoms with van der Waals surface area (Å²) in [4.78, 5) is 20.8. The van der Waals surface area contributed by atoms with Crippen LogP contribution in [0, 0.1) is 0 Å². The first-order valence-electron chi connectivity index (χ1n) is 6.98. The van der Waals surface area contributed by atoms with Gasteiger partial charge in [-0.15, -0.1) is 0 Å². The Morgan fingerprint density at radius 1 is 1.48 bits per heavy atom. The van der Waals surface area contributed by atoms with Crippen molar-refractivity contribution < 1.29 is 14.3 Å². The summed E-state index contributed by atoms with van der Waals surface area (Å²) in [5, 5.41) is 4.58. The molecule has 1 aromatic carbocycles. The van der Waals surface area contributed by atoms with E-state index in [0.717, 1.165) is 25.8 Å². The second kappa shape index (κ2) is 9.90. The molecule has 1 heterocycles. The lowest BCUT2D eigenvalue weighted by Gasteiger charge is -2.18. The van der Waals surface area contributed by atoms with Crippen LogP contribution in [0.15, 0.2) is 30.3 Å². The number of carbonyl (C=O) groups excluding carboxylic acids is 2. The molecular weight excluding hydrogens is 270 g/mol. The Balaban J connectivity index is 0.000000491. The lowest BCUT2D eigenvalue weighted by Crippen LogP contribution is -2.46. The van der Waals surface area contributed by atoms with Crippen LogP contribution in [0.2, 0.25) is 0 Å². The van der Waals surface area contributed by atoms with Crippen LogP contribution in [0.3, 0.4) is 0 Å². The maximum Gasteiger partial charge on any atom is 0.292 e. The molecule has 1 saturated heterocycles. The fourth-order valence-corrected chi connectivity index (χ4v) is 2.16. The highest BCUT2D eigenvalue weighted by Gasteiger charge is 2.27. The average Bonchev–Trinajstić information content (AvgIpc) is 2.95. The van der Waals surface area contributed by atoms with Crippen molar-refractivity contribution in [2.45, 2.75) is 25.3 Å². The summed E-state index contributed by atoms with van der Waals surface area (Å²) in [5.41, 5.74) is 1.24. The molecule has 0 radical (unpaired) electrons. The lowest BCUT2D eigenvalue weighted by molar-refractivity contribution is -0.126. The van der Waals surface area contributed by atoms with E-state index >= 15 is 0 Å². The van der Waals surface area contributed by atoms with Gasteiger partial charge in [0.1, 0.15) is 6.04 Å². The summed E-state index contributed by atoms with van der Waals surface area (Å²) >= 11 is 0. The second-order valence-electron chi connectivity index (χ2n) is 4.75. The number of nitrogens with zero attached hydrogens (tertiary/aromatic N) is 1. The van der Waals surface area contributed by atoms with Crippen molar-refractivity contribution in [2.75, 3.05) is 20.2 Å². The number of nitrogens with two attached hydrogens (primary N) is 1. The summed E-state index contributed by atoms with van der Waals surface area (Å²) in [7, 11) is 1.31. The molecule has 6 nitrogen and oxygen atoms in total. The minimum absolute atomic E-state index is 0.0564. The molecule has 0 aliphatic carbocycles. The van der Waals surface area contributed by atoms with Crippen molar-refractivity contribution in [1.29, 1.82) is 0 Å². The largest absolute Gasteiger partial charge is 0.471 e. The predicted octanol–water partition coefficient (Wildman–Crippen LogP) is 0.473. The van der Waals surface area contributed by atoms with Crippen molar-refractivity contribution in [3.63, 3.8) is 0 Å². The van der Waals surface area contributed by atoms with Gasteiger partial charge >= 0.3 is 0 Å². The number of amides is 1. The fourth-order valence-electron chi connectivity index (χ4n) is 2.16. The molecule has 1 atom stereocenters. The topological polar surface area (TPSA) is 84.7 Å². The first-order chi connectivity index (χ1) is 10.2. The molecule has 0 aromatic heterocycles. The molecule has 6 heteroatoms. The quantitative estimate of drug-likeness (QED) is 0.609.